The summed E-state index contributed by atoms with van der Waals surface area (Å²) in [5, 5.41) is 14.0. The molecule has 3 aromatic rings. The van der Waals surface area contributed by atoms with Crippen LogP contribution in [0.15, 0.2) is 54.6 Å². The maximum atomic E-state index is 9.38. The Labute approximate surface area is 106 Å². The lowest BCUT2D eigenvalue weighted by Gasteiger charge is -2.16. The highest BCUT2D eigenvalue weighted by Gasteiger charge is 2.13. The van der Waals surface area contributed by atoms with Crippen molar-refractivity contribution in [3.63, 3.8) is 0 Å². The highest BCUT2D eigenvalue weighted by Crippen LogP contribution is 2.31. The molecule has 0 unspecified atom stereocenters. The van der Waals surface area contributed by atoms with Crippen LogP contribution >= 0.6 is 0 Å². The van der Waals surface area contributed by atoms with E-state index < -0.39 is 0 Å². The highest BCUT2D eigenvalue weighted by molar-refractivity contribution is 6.02. The number of rotatable bonds is 2. The molecule has 3 N–H and O–H groups in total. The minimum absolute atomic E-state index is 0.0436. The molecule has 0 heterocycles. The summed E-state index contributed by atoms with van der Waals surface area (Å²) in [6.45, 7) is -0.0436. The van der Waals surface area contributed by atoms with E-state index in [4.69, 9.17) is 5.73 Å². The van der Waals surface area contributed by atoms with Gasteiger partial charge in [0.15, 0.2) is 0 Å². The van der Waals surface area contributed by atoms with Crippen molar-refractivity contribution in [3.05, 3.63) is 60.2 Å². The summed E-state index contributed by atoms with van der Waals surface area (Å²) in [6, 6.07) is 18.1. The summed E-state index contributed by atoms with van der Waals surface area (Å²) in [5.41, 5.74) is 7.11. The molecule has 0 bridgehead atoms. The molecule has 0 aliphatic heterocycles. The first-order valence-corrected chi connectivity index (χ1v) is 6.08. The lowest BCUT2D eigenvalue weighted by atomic mass is 9.93. The average Bonchev–Trinajstić information content (AvgIpc) is 2.44. The minimum atomic E-state index is -0.346. The van der Waals surface area contributed by atoms with Crippen LogP contribution in [0.25, 0.3) is 21.5 Å². The number of hydrogen-bond donors (Lipinski definition) is 2. The molecule has 3 rings (SSSR count). The lowest BCUT2D eigenvalue weighted by molar-refractivity contribution is 0.269. The van der Waals surface area contributed by atoms with Crippen LogP contribution in [0, 0.1) is 0 Å². The molecule has 0 radical (unpaired) electrons. The van der Waals surface area contributed by atoms with E-state index in [1.807, 2.05) is 24.3 Å². The first-order valence-electron chi connectivity index (χ1n) is 6.08. The zero-order valence-electron chi connectivity index (χ0n) is 10.0. The average molecular weight is 237 g/mol. The number of hydrogen-bond acceptors (Lipinski definition) is 2. The molecule has 0 saturated carbocycles. The monoisotopic (exact) mass is 237 g/mol. The van der Waals surface area contributed by atoms with E-state index in [9.17, 15) is 5.11 Å². The molecule has 18 heavy (non-hydrogen) atoms. The quantitative estimate of drug-likeness (QED) is 0.673. The van der Waals surface area contributed by atoms with Gasteiger partial charge in [-0.2, -0.15) is 0 Å². The second kappa shape index (κ2) is 4.41. The predicted octanol–water partition coefficient (Wildman–Crippen LogP) is 2.99. The van der Waals surface area contributed by atoms with Crippen molar-refractivity contribution in [2.24, 2.45) is 5.73 Å². The summed E-state index contributed by atoms with van der Waals surface area (Å²) in [4.78, 5) is 0. The van der Waals surface area contributed by atoms with Crippen LogP contribution in [0.4, 0.5) is 0 Å². The normalized spacial score (nSPS) is 13.0. The number of fused-ring (bicyclic) bond motifs is 2. The van der Waals surface area contributed by atoms with Gasteiger partial charge in [0.25, 0.3) is 0 Å². The fourth-order valence-corrected chi connectivity index (χ4v) is 2.54. The molecule has 0 aromatic heterocycles. The van der Waals surface area contributed by atoms with Gasteiger partial charge in [0.1, 0.15) is 0 Å². The van der Waals surface area contributed by atoms with Crippen molar-refractivity contribution in [2.75, 3.05) is 6.61 Å². The van der Waals surface area contributed by atoms with Crippen LogP contribution in [0.1, 0.15) is 11.6 Å². The first-order chi connectivity index (χ1) is 8.81. The third-order valence-electron chi connectivity index (χ3n) is 3.38. The second-order valence-electron chi connectivity index (χ2n) is 4.52. The predicted molar refractivity (Wildman–Crippen MR) is 75.5 cm³/mol. The van der Waals surface area contributed by atoms with Crippen molar-refractivity contribution in [1.29, 1.82) is 0 Å². The summed E-state index contributed by atoms with van der Waals surface area (Å²) < 4.78 is 0. The van der Waals surface area contributed by atoms with Gasteiger partial charge in [-0.15, -0.1) is 0 Å². The van der Waals surface area contributed by atoms with Crippen LogP contribution in [-0.4, -0.2) is 11.7 Å². The van der Waals surface area contributed by atoms with E-state index in [1.54, 1.807) is 0 Å². The van der Waals surface area contributed by atoms with E-state index in [2.05, 4.69) is 30.3 Å². The molecule has 2 nitrogen and oxygen atoms in total. The maximum Gasteiger partial charge on any atom is 0.0624 e. The molecule has 0 fully saturated rings. The SMILES string of the molecule is N[C@H](CO)c1c2ccccc2cc2ccccc12. The van der Waals surface area contributed by atoms with Crippen LogP contribution in [0.2, 0.25) is 0 Å². The Bertz CT molecular complexity index is 652. The second-order valence-corrected chi connectivity index (χ2v) is 4.52. The molecule has 0 aliphatic rings. The van der Waals surface area contributed by atoms with E-state index in [-0.39, 0.29) is 12.6 Å². The molecule has 2 heteroatoms. The topological polar surface area (TPSA) is 46.2 Å². The van der Waals surface area contributed by atoms with Gasteiger partial charge in [0.05, 0.1) is 12.6 Å². The smallest absolute Gasteiger partial charge is 0.0624 e. The van der Waals surface area contributed by atoms with Crippen molar-refractivity contribution in [1.82, 2.24) is 0 Å². The summed E-state index contributed by atoms with van der Waals surface area (Å²) in [6.07, 6.45) is 0. The van der Waals surface area contributed by atoms with Crippen LogP contribution in [0.3, 0.4) is 0 Å². The minimum Gasteiger partial charge on any atom is -0.394 e. The largest absolute Gasteiger partial charge is 0.394 e. The molecule has 3 aromatic carbocycles. The van der Waals surface area contributed by atoms with E-state index >= 15 is 0 Å². The van der Waals surface area contributed by atoms with Gasteiger partial charge in [-0.05, 0) is 33.2 Å². The Kier molecular flexibility index (Phi) is 2.74. The van der Waals surface area contributed by atoms with Gasteiger partial charge < -0.3 is 10.8 Å². The van der Waals surface area contributed by atoms with Crippen molar-refractivity contribution < 1.29 is 5.11 Å². The number of nitrogens with two attached hydrogens (primary N) is 1. The van der Waals surface area contributed by atoms with Crippen LogP contribution in [-0.2, 0) is 0 Å². The Morgan fingerprint density at radius 3 is 1.89 bits per heavy atom. The zero-order valence-corrected chi connectivity index (χ0v) is 10.0. The highest BCUT2D eigenvalue weighted by atomic mass is 16.3. The molecule has 0 amide bonds. The van der Waals surface area contributed by atoms with Crippen LogP contribution < -0.4 is 5.73 Å². The fraction of sp³-hybridized carbons (Fsp3) is 0.125. The zero-order chi connectivity index (χ0) is 12.5. The number of aliphatic hydroxyl groups excluding tert-OH is 1. The van der Waals surface area contributed by atoms with Gasteiger partial charge >= 0.3 is 0 Å². The molecular weight excluding hydrogens is 222 g/mol. The van der Waals surface area contributed by atoms with Crippen molar-refractivity contribution in [3.8, 4) is 0 Å². The number of aliphatic hydroxyl groups is 1. The van der Waals surface area contributed by atoms with Gasteiger partial charge in [-0.3, -0.25) is 0 Å². The Morgan fingerprint density at radius 1 is 0.889 bits per heavy atom. The molecule has 1 atom stereocenters. The van der Waals surface area contributed by atoms with E-state index in [0.29, 0.717) is 0 Å². The standard InChI is InChI=1S/C16H15NO/c17-15(10-18)16-13-7-3-1-5-11(13)9-12-6-2-4-8-14(12)16/h1-9,15,18H,10,17H2/t15-/m1/s1. The summed E-state index contributed by atoms with van der Waals surface area (Å²) in [7, 11) is 0. The van der Waals surface area contributed by atoms with Gasteiger partial charge in [-0.1, -0.05) is 48.5 Å². The molecule has 0 aliphatic carbocycles. The van der Waals surface area contributed by atoms with Gasteiger partial charge in [-0.25, -0.2) is 0 Å². The van der Waals surface area contributed by atoms with E-state index in [1.165, 1.54) is 0 Å². The van der Waals surface area contributed by atoms with E-state index in [0.717, 1.165) is 27.1 Å². The first kappa shape index (κ1) is 11.2. The van der Waals surface area contributed by atoms with Gasteiger partial charge in [0, 0.05) is 0 Å². The van der Waals surface area contributed by atoms with Crippen molar-refractivity contribution in [2.45, 2.75) is 6.04 Å². The maximum absolute atomic E-state index is 9.38. The Balaban J connectivity index is 2.49. The Hall–Kier alpha value is -1.90. The summed E-state index contributed by atoms with van der Waals surface area (Å²) in [5.74, 6) is 0. The van der Waals surface area contributed by atoms with Gasteiger partial charge in [0.2, 0.25) is 0 Å². The molecular formula is C16H15NO. The van der Waals surface area contributed by atoms with Crippen molar-refractivity contribution >= 4 is 21.5 Å². The molecule has 0 spiro atoms. The lowest BCUT2D eigenvalue weighted by Crippen LogP contribution is -2.15. The number of benzene rings is 3. The third-order valence-corrected chi connectivity index (χ3v) is 3.38. The van der Waals surface area contributed by atoms with Crippen LogP contribution in [0.5, 0.6) is 0 Å². The third kappa shape index (κ3) is 1.67. The molecule has 90 valence electrons. The fourth-order valence-electron chi connectivity index (χ4n) is 2.54. The molecule has 0 saturated heterocycles. The Morgan fingerprint density at radius 2 is 1.39 bits per heavy atom. The summed E-state index contributed by atoms with van der Waals surface area (Å²) >= 11 is 0.